The van der Waals surface area contributed by atoms with Gasteiger partial charge >= 0.3 is 0 Å². The highest BCUT2D eigenvalue weighted by molar-refractivity contribution is 7.80. The van der Waals surface area contributed by atoms with Crippen LogP contribution in [0.25, 0.3) is 0 Å². The lowest BCUT2D eigenvalue weighted by atomic mass is 10.1. The molecule has 1 rings (SSSR count). The number of benzene rings is 1. The van der Waals surface area contributed by atoms with Crippen LogP contribution in [0, 0.1) is 0 Å². The molecule has 6 nitrogen and oxygen atoms in total. The fourth-order valence-electron chi connectivity index (χ4n) is 1.25. The number of carbonyl (C=O) groups excluding carboxylic acids is 1. The van der Waals surface area contributed by atoms with Crippen molar-refractivity contribution in [2.45, 2.75) is 6.42 Å². The zero-order valence-corrected chi connectivity index (χ0v) is 11.9. The number of methoxy groups -OCH3 is 1. The summed E-state index contributed by atoms with van der Waals surface area (Å²) in [4.78, 5) is 11.7. The number of nitrogens with two attached hydrogens (primary N) is 1. The number of hydrazine groups is 1. The SMILES string of the molecule is COc1ccc(CC(=O)NC(=S)NNC(N)=S)cc1. The van der Waals surface area contributed by atoms with Crippen molar-refractivity contribution < 1.29 is 9.53 Å². The summed E-state index contributed by atoms with van der Waals surface area (Å²) in [6.45, 7) is 0. The first-order valence-electron chi connectivity index (χ1n) is 5.29. The van der Waals surface area contributed by atoms with Crippen LogP contribution < -0.4 is 26.6 Å². The molecule has 0 fully saturated rings. The molecule has 1 aromatic rings. The highest BCUT2D eigenvalue weighted by Gasteiger charge is 2.06. The summed E-state index contributed by atoms with van der Waals surface area (Å²) >= 11 is 9.44. The number of hydrogen-bond acceptors (Lipinski definition) is 4. The molecule has 0 atom stereocenters. The summed E-state index contributed by atoms with van der Waals surface area (Å²) in [6, 6.07) is 7.19. The molecule has 0 aromatic heterocycles. The average Bonchev–Trinajstić information content (AvgIpc) is 2.37. The Balaban J connectivity index is 2.41. The van der Waals surface area contributed by atoms with Crippen molar-refractivity contribution in [3.63, 3.8) is 0 Å². The monoisotopic (exact) mass is 298 g/mol. The van der Waals surface area contributed by atoms with Gasteiger partial charge in [-0.25, -0.2) is 0 Å². The van der Waals surface area contributed by atoms with E-state index < -0.39 is 0 Å². The minimum Gasteiger partial charge on any atom is -0.497 e. The van der Waals surface area contributed by atoms with E-state index in [9.17, 15) is 4.79 Å². The number of ether oxygens (including phenoxy) is 1. The predicted molar refractivity (Wildman–Crippen MR) is 80.5 cm³/mol. The number of rotatable bonds is 3. The number of carbonyl (C=O) groups is 1. The van der Waals surface area contributed by atoms with Gasteiger partial charge in [-0.2, -0.15) is 0 Å². The van der Waals surface area contributed by atoms with E-state index in [0.29, 0.717) is 0 Å². The summed E-state index contributed by atoms with van der Waals surface area (Å²) in [6.07, 6.45) is 0.207. The van der Waals surface area contributed by atoms with Gasteiger partial charge in [0.2, 0.25) is 5.91 Å². The molecule has 5 N–H and O–H groups in total. The molecule has 0 spiro atoms. The molecule has 0 bridgehead atoms. The normalized spacial score (nSPS) is 9.32. The quantitative estimate of drug-likeness (QED) is 0.460. The van der Waals surface area contributed by atoms with Gasteiger partial charge in [-0.05, 0) is 42.1 Å². The zero-order valence-electron chi connectivity index (χ0n) is 10.2. The fraction of sp³-hybridized carbons (Fsp3) is 0.182. The molecule has 0 heterocycles. The number of thiocarbonyl (C=S) groups is 2. The van der Waals surface area contributed by atoms with Crippen molar-refractivity contribution in [1.29, 1.82) is 0 Å². The number of hydrogen-bond donors (Lipinski definition) is 4. The van der Waals surface area contributed by atoms with Crippen molar-refractivity contribution in [2.24, 2.45) is 5.73 Å². The van der Waals surface area contributed by atoms with Gasteiger partial charge < -0.3 is 15.8 Å². The maximum atomic E-state index is 11.7. The summed E-state index contributed by atoms with van der Waals surface area (Å²) in [5, 5.41) is 2.62. The molecule has 0 saturated heterocycles. The Morgan fingerprint density at radius 2 is 1.89 bits per heavy atom. The predicted octanol–water partition coefficient (Wildman–Crippen LogP) is -0.0234. The standard InChI is InChI=1S/C11H14N4O2S2/c1-17-8-4-2-7(3-5-8)6-9(16)13-11(19)15-14-10(12)18/h2-5H,6H2,1H3,(H3,12,14,18)(H2,13,15,16,19). The Hall–Kier alpha value is -1.93. The Morgan fingerprint density at radius 1 is 1.26 bits per heavy atom. The minimum atomic E-state index is -0.243. The summed E-state index contributed by atoms with van der Waals surface area (Å²) < 4.78 is 5.03. The van der Waals surface area contributed by atoms with Crippen molar-refractivity contribution in [2.75, 3.05) is 7.11 Å². The molecule has 0 radical (unpaired) electrons. The van der Waals surface area contributed by atoms with Crippen molar-refractivity contribution in [1.82, 2.24) is 16.2 Å². The van der Waals surface area contributed by atoms with Crippen molar-refractivity contribution in [3.05, 3.63) is 29.8 Å². The summed E-state index contributed by atoms with van der Waals surface area (Å²) in [5.74, 6) is 0.495. The van der Waals surface area contributed by atoms with E-state index >= 15 is 0 Å². The topological polar surface area (TPSA) is 88.4 Å². The Kier molecular flexibility index (Phi) is 5.97. The van der Waals surface area contributed by atoms with Crippen LogP contribution in [0.15, 0.2) is 24.3 Å². The molecule has 0 aliphatic carbocycles. The zero-order chi connectivity index (χ0) is 14.3. The molecule has 8 heteroatoms. The van der Waals surface area contributed by atoms with Crippen LogP contribution in [-0.2, 0) is 11.2 Å². The molecular weight excluding hydrogens is 284 g/mol. The molecule has 102 valence electrons. The van der Waals surface area contributed by atoms with Crippen LogP contribution in [0.5, 0.6) is 5.75 Å². The maximum absolute atomic E-state index is 11.7. The minimum absolute atomic E-state index is 0.0340. The van der Waals surface area contributed by atoms with Gasteiger partial charge in [0.05, 0.1) is 13.5 Å². The third-order valence-electron chi connectivity index (χ3n) is 2.08. The van der Waals surface area contributed by atoms with E-state index in [4.69, 9.17) is 22.7 Å². The maximum Gasteiger partial charge on any atom is 0.230 e. The molecule has 1 amide bonds. The van der Waals surface area contributed by atoms with Crippen molar-refractivity contribution >= 4 is 40.6 Å². The van der Waals surface area contributed by atoms with E-state index in [-0.39, 0.29) is 22.6 Å². The van der Waals surface area contributed by atoms with E-state index in [1.807, 2.05) is 12.1 Å². The summed E-state index contributed by atoms with van der Waals surface area (Å²) in [7, 11) is 1.58. The largest absolute Gasteiger partial charge is 0.497 e. The van der Waals surface area contributed by atoms with E-state index in [0.717, 1.165) is 11.3 Å². The average molecular weight is 298 g/mol. The van der Waals surface area contributed by atoms with Gasteiger partial charge in [-0.15, -0.1) is 0 Å². The Bertz CT molecular complexity index is 476. The van der Waals surface area contributed by atoms with Gasteiger partial charge in [0.25, 0.3) is 0 Å². The first-order valence-corrected chi connectivity index (χ1v) is 6.11. The second-order valence-corrected chi connectivity index (χ2v) is 4.36. The van der Waals surface area contributed by atoms with Crippen molar-refractivity contribution in [3.8, 4) is 5.75 Å². The Morgan fingerprint density at radius 3 is 2.42 bits per heavy atom. The van der Waals surface area contributed by atoms with Crippen LogP contribution in [-0.4, -0.2) is 23.2 Å². The van der Waals surface area contributed by atoms with E-state index in [2.05, 4.69) is 28.4 Å². The first-order chi connectivity index (χ1) is 9.01. The molecule has 0 unspecified atom stereocenters. The summed E-state index contributed by atoms with van der Waals surface area (Å²) in [5.41, 5.74) is 10.9. The van der Waals surface area contributed by atoms with Gasteiger partial charge in [0, 0.05) is 0 Å². The van der Waals surface area contributed by atoms with E-state index in [1.54, 1.807) is 19.2 Å². The molecule has 19 heavy (non-hydrogen) atoms. The van der Waals surface area contributed by atoms with Gasteiger partial charge in [-0.1, -0.05) is 12.1 Å². The van der Waals surface area contributed by atoms with E-state index in [1.165, 1.54) is 0 Å². The third-order valence-corrected chi connectivity index (χ3v) is 2.38. The highest BCUT2D eigenvalue weighted by Crippen LogP contribution is 2.11. The second-order valence-electron chi connectivity index (χ2n) is 3.52. The second kappa shape index (κ2) is 7.49. The van der Waals surface area contributed by atoms with Gasteiger partial charge in [0.15, 0.2) is 10.2 Å². The first kappa shape index (κ1) is 15.1. The molecule has 1 aromatic carbocycles. The lowest BCUT2D eigenvalue weighted by molar-refractivity contribution is -0.119. The van der Waals surface area contributed by atoms with Crippen LogP contribution in [0.3, 0.4) is 0 Å². The van der Waals surface area contributed by atoms with Gasteiger partial charge in [0.1, 0.15) is 5.75 Å². The smallest absolute Gasteiger partial charge is 0.230 e. The molecular formula is C11H14N4O2S2. The lowest BCUT2D eigenvalue weighted by Gasteiger charge is -2.10. The van der Waals surface area contributed by atoms with Gasteiger partial charge in [-0.3, -0.25) is 15.6 Å². The van der Waals surface area contributed by atoms with Crippen LogP contribution in [0.1, 0.15) is 5.56 Å². The fourth-order valence-corrected chi connectivity index (χ4v) is 1.47. The van der Waals surface area contributed by atoms with Crippen LogP contribution in [0.2, 0.25) is 0 Å². The highest BCUT2D eigenvalue weighted by atomic mass is 32.1. The number of nitrogens with one attached hydrogen (secondary N) is 3. The molecule has 0 saturated carbocycles. The lowest BCUT2D eigenvalue weighted by Crippen LogP contribution is -2.50. The van der Waals surface area contributed by atoms with Crippen LogP contribution >= 0.6 is 24.4 Å². The number of amides is 1. The third kappa shape index (κ3) is 5.98. The Labute approximate surface area is 121 Å². The molecule has 0 aliphatic rings. The molecule has 0 aliphatic heterocycles. The van der Waals surface area contributed by atoms with Crippen LogP contribution in [0.4, 0.5) is 0 Å².